The molecule has 2 rings (SSSR count). The summed E-state index contributed by atoms with van der Waals surface area (Å²) in [7, 11) is 0. The standard InChI is InChI=1S/C14H11ClO2/c15-14(17,12-9-5-2-6-10-12)13(16)11-7-3-1-4-8-11/h1-10,17H. The van der Waals surface area contributed by atoms with Gasteiger partial charge in [-0.05, 0) is 0 Å². The second kappa shape index (κ2) is 4.70. The molecule has 1 atom stereocenters. The number of aliphatic hydroxyl groups is 1. The third-order valence-electron chi connectivity index (χ3n) is 2.49. The zero-order valence-electron chi connectivity index (χ0n) is 9.01. The number of carbonyl (C=O) groups excluding carboxylic acids is 1. The lowest BCUT2D eigenvalue weighted by atomic mass is 9.99. The molecule has 0 bridgehead atoms. The Morgan fingerprint density at radius 3 is 1.94 bits per heavy atom. The lowest BCUT2D eigenvalue weighted by Gasteiger charge is -2.19. The summed E-state index contributed by atoms with van der Waals surface area (Å²) in [5.74, 6) is -0.522. The zero-order valence-corrected chi connectivity index (χ0v) is 9.76. The Kier molecular flexibility index (Phi) is 3.27. The van der Waals surface area contributed by atoms with E-state index in [1.165, 1.54) is 0 Å². The average molecular weight is 247 g/mol. The molecule has 0 heterocycles. The van der Waals surface area contributed by atoms with E-state index in [1.807, 2.05) is 0 Å². The maximum absolute atomic E-state index is 12.1. The predicted molar refractivity (Wildman–Crippen MR) is 67.0 cm³/mol. The minimum absolute atomic E-state index is 0.371. The minimum atomic E-state index is -2.01. The van der Waals surface area contributed by atoms with Crippen molar-refractivity contribution in [2.75, 3.05) is 0 Å². The van der Waals surface area contributed by atoms with Gasteiger partial charge >= 0.3 is 0 Å². The van der Waals surface area contributed by atoms with Crippen LogP contribution in [-0.2, 0) is 5.06 Å². The molecule has 0 aromatic heterocycles. The fourth-order valence-electron chi connectivity index (χ4n) is 1.57. The Morgan fingerprint density at radius 1 is 0.941 bits per heavy atom. The minimum Gasteiger partial charge on any atom is -0.365 e. The SMILES string of the molecule is O=C(c1ccccc1)C(O)(Cl)c1ccccc1. The van der Waals surface area contributed by atoms with Crippen LogP contribution in [0.15, 0.2) is 60.7 Å². The van der Waals surface area contributed by atoms with Gasteiger partial charge in [0, 0.05) is 11.1 Å². The predicted octanol–water partition coefficient (Wildman–Crippen LogP) is 2.95. The summed E-state index contributed by atoms with van der Waals surface area (Å²) in [6.07, 6.45) is 0. The third kappa shape index (κ3) is 2.38. The summed E-state index contributed by atoms with van der Waals surface area (Å²) in [4.78, 5) is 12.1. The van der Waals surface area contributed by atoms with Crippen LogP contribution < -0.4 is 0 Å². The molecule has 0 saturated carbocycles. The summed E-state index contributed by atoms with van der Waals surface area (Å²) in [6.45, 7) is 0. The van der Waals surface area contributed by atoms with Crippen molar-refractivity contribution in [3.8, 4) is 0 Å². The van der Waals surface area contributed by atoms with Gasteiger partial charge in [-0.15, -0.1) is 0 Å². The van der Waals surface area contributed by atoms with E-state index in [1.54, 1.807) is 60.7 Å². The normalized spacial score (nSPS) is 14.0. The highest BCUT2D eigenvalue weighted by molar-refractivity contribution is 6.36. The van der Waals surface area contributed by atoms with Gasteiger partial charge in [0.05, 0.1) is 0 Å². The van der Waals surface area contributed by atoms with E-state index >= 15 is 0 Å². The van der Waals surface area contributed by atoms with E-state index in [2.05, 4.69) is 0 Å². The summed E-state index contributed by atoms with van der Waals surface area (Å²) < 4.78 is 0. The third-order valence-corrected chi connectivity index (χ3v) is 2.88. The highest BCUT2D eigenvalue weighted by Gasteiger charge is 2.35. The molecule has 1 N–H and O–H groups in total. The molecule has 0 aliphatic carbocycles. The van der Waals surface area contributed by atoms with E-state index in [0.29, 0.717) is 11.1 Å². The number of rotatable bonds is 3. The van der Waals surface area contributed by atoms with Gasteiger partial charge in [0.1, 0.15) is 0 Å². The van der Waals surface area contributed by atoms with Crippen LogP contribution >= 0.6 is 11.6 Å². The molecule has 1 unspecified atom stereocenters. The molecular formula is C14H11ClO2. The lowest BCUT2D eigenvalue weighted by Crippen LogP contribution is -2.29. The Morgan fingerprint density at radius 2 is 1.41 bits per heavy atom. The van der Waals surface area contributed by atoms with E-state index < -0.39 is 10.8 Å². The monoisotopic (exact) mass is 246 g/mol. The van der Waals surface area contributed by atoms with E-state index in [9.17, 15) is 9.90 Å². The second-order valence-corrected chi connectivity index (χ2v) is 4.23. The van der Waals surface area contributed by atoms with Gasteiger partial charge in [-0.1, -0.05) is 72.3 Å². The molecule has 0 saturated heterocycles. The van der Waals surface area contributed by atoms with Gasteiger partial charge in [-0.3, -0.25) is 4.79 Å². The van der Waals surface area contributed by atoms with Crippen molar-refractivity contribution < 1.29 is 9.90 Å². The maximum Gasteiger partial charge on any atom is 0.228 e. The number of ketones is 1. The highest BCUT2D eigenvalue weighted by atomic mass is 35.5. The van der Waals surface area contributed by atoms with Crippen LogP contribution in [0, 0.1) is 0 Å². The molecule has 3 heteroatoms. The molecule has 0 radical (unpaired) electrons. The largest absolute Gasteiger partial charge is 0.365 e. The average Bonchev–Trinajstić information content (AvgIpc) is 2.40. The molecule has 0 fully saturated rings. The molecule has 0 aliphatic rings. The quantitative estimate of drug-likeness (QED) is 0.668. The van der Waals surface area contributed by atoms with Crippen LogP contribution in [0.5, 0.6) is 0 Å². The highest BCUT2D eigenvalue weighted by Crippen LogP contribution is 2.29. The summed E-state index contributed by atoms with van der Waals surface area (Å²) in [5, 5.41) is 8.11. The van der Waals surface area contributed by atoms with Gasteiger partial charge in [-0.25, -0.2) is 0 Å². The Bertz CT molecular complexity index is 506. The maximum atomic E-state index is 12.1. The van der Waals surface area contributed by atoms with Crippen LogP contribution in [0.1, 0.15) is 15.9 Å². The van der Waals surface area contributed by atoms with Gasteiger partial charge in [0.2, 0.25) is 10.8 Å². The number of benzene rings is 2. The van der Waals surface area contributed by atoms with Crippen LogP contribution in [0.2, 0.25) is 0 Å². The molecule has 0 aliphatic heterocycles. The second-order valence-electron chi connectivity index (χ2n) is 3.68. The van der Waals surface area contributed by atoms with Crippen molar-refractivity contribution >= 4 is 17.4 Å². The van der Waals surface area contributed by atoms with Crippen molar-refractivity contribution in [2.45, 2.75) is 5.06 Å². The van der Waals surface area contributed by atoms with E-state index in [0.717, 1.165) is 0 Å². The first-order valence-electron chi connectivity index (χ1n) is 5.19. The van der Waals surface area contributed by atoms with Crippen molar-refractivity contribution in [2.24, 2.45) is 0 Å². The summed E-state index contributed by atoms with van der Waals surface area (Å²) >= 11 is 5.95. The van der Waals surface area contributed by atoms with Gasteiger partial charge < -0.3 is 5.11 Å². The number of alkyl halides is 1. The first-order valence-corrected chi connectivity index (χ1v) is 5.57. The van der Waals surface area contributed by atoms with Crippen LogP contribution in [0.4, 0.5) is 0 Å². The van der Waals surface area contributed by atoms with E-state index in [4.69, 9.17) is 11.6 Å². The number of hydrogen-bond acceptors (Lipinski definition) is 2. The molecular weight excluding hydrogens is 236 g/mol. The lowest BCUT2D eigenvalue weighted by molar-refractivity contribution is 0.0636. The number of hydrogen-bond donors (Lipinski definition) is 1. The fraction of sp³-hybridized carbons (Fsp3) is 0.0714. The molecule has 2 aromatic carbocycles. The number of halogens is 1. The van der Waals surface area contributed by atoms with Gasteiger partial charge in [0.25, 0.3) is 0 Å². The van der Waals surface area contributed by atoms with Crippen LogP contribution in [0.25, 0.3) is 0 Å². The molecule has 2 aromatic rings. The molecule has 17 heavy (non-hydrogen) atoms. The fourth-order valence-corrected chi connectivity index (χ4v) is 1.81. The Hall–Kier alpha value is -1.64. The Labute approximate surface area is 104 Å². The molecule has 86 valence electrons. The number of Topliss-reactive ketones (excluding diaryl/α,β-unsaturated/α-hetero) is 1. The first-order chi connectivity index (χ1) is 8.12. The van der Waals surface area contributed by atoms with Crippen molar-refractivity contribution in [1.82, 2.24) is 0 Å². The van der Waals surface area contributed by atoms with Crippen LogP contribution in [-0.4, -0.2) is 10.9 Å². The van der Waals surface area contributed by atoms with Crippen molar-refractivity contribution in [1.29, 1.82) is 0 Å². The topological polar surface area (TPSA) is 37.3 Å². The smallest absolute Gasteiger partial charge is 0.228 e. The molecule has 0 amide bonds. The Balaban J connectivity index is 2.37. The van der Waals surface area contributed by atoms with Crippen LogP contribution in [0.3, 0.4) is 0 Å². The zero-order chi connectivity index (χ0) is 12.3. The number of carbonyl (C=O) groups is 1. The first kappa shape index (κ1) is 11.8. The van der Waals surface area contributed by atoms with Crippen molar-refractivity contribution in [3.05, 3.63) is 71.8 Å². The summed E-state index contributed by atoms with van der Waals surface area (Å²) in [5.41, 5.74) is 0.754. The van der Waals surface area contributed by atoms with Gasteiger partial charge in [-0.2, -0.15) is 0 Å². The van der Waals surface area contributed by atoms with Gasteiger partial charge in [0.15, 0.2) is 0 Å². The van der Waals surface area contributed by atoms with E-state index in [-0.39, 0.29) is 0 Å². The molecule has 2 nitrogen and oxygen atoms in total. The molecule has 0 spiro atoms. The van der Waals surface area contributed by atoms with Crippen molar-refractivity contribution in [3.63, 3.8) is 0 Å². The summed E-state index contributed by atoms with van der Waals surface area (Å²) in [6, 6.07) is 17.0.